The van der Waals surface area contributed by atoms with Crippen molar-refractivity contribution in [3.05, 3.63) is 47.3 Å². The van der Waals surface area contributed by atoms with Gasteiger partial charge in [-0.25, -0.2) is 4.39 Å². The van der Waals surface area contributed by atoms with Crippen LogP contribution in [-0.2, 0) is 0 Å². The Kier molecular flexibility index (Phi) is 3.24. The van der Waals surface area contributed by atoms with Gasteiger partial charge in [0, 0.05) is 11.1 Å². The predicted molar refractivity (Wildman–Crippen MR) is 57.6 cm³/mol. The maximum atomic E-state index is 12.7. The number of hydrogen-bond donors (Lipinski definition) is 0. The summed E-state index contributed by atoms with van der Waals surface area (Å²) in [6.45, 7) is 0. The Morgan fingerprint density at radius 1 is 1.17 bits per heavy atom. The van der Waals surface area contributed by atoms with Gasteiger partial charge < -0.3 is 0 Å². The lowest BCUT2D eigenvalue weighted by Crippen LogP contribution is -2.15. The third-order valence-electron chi connectivity index (χ3n) is 2.76. The molecule has 1 aromatic carbocycles. The van der Waals surface area contributed by atoms with Crippen molar-refractivity contribution in [3.63, 3.8) is 0 Å². The normalized spacial score (nSPS) is 16.8. The summed E-state index contributed by atoms with van der Waals surface area (Å²) in [6.07, 6.45) is -2.92. The Morgan fingerprint density at radius 3 is 2.17 bits per heavy atom. The van der Waals surface area contributed by atoms with Gasteiger partial charge in [-0.1, -0.05) is 0 Å². The summed E-state index contributed by atoms with van der Waals surface area (Å²) in [5.41, 5.74) is -0.726. The minimum Gasteiger partial charge on any atom is -0.289 e. The summed E-state index contributed by atoms with van der Waals surface area (Å²) in [6, 6.07) is 4.45. The molecular weight excluding hydrogens is 248 g/mol. The molecule has 1 saturated carbocycles. The molecule has 2 rings (SSSR count). The van der Waals surface area contributed by atoms with Crippen molar-refractivity contribution in [2.24, 2.45) is 5.92 Å². The van der Waals surface area contributed by atoms with Crippen LogP contribution in [0, 0.1) is 11.7 Å². The molecule has 96 valence electrons. The van der Waals surface area contributed by atoms with Gasteiger partial charge in [0.05, 0.1) is 0 Å². The van der Waals surface area contributed by atoms with Crippen molar-refractivity contribution >= 4 is 5.78 Å². The number of rotatable bonds is 3. The minimum absolute atomic E-state index is 0.0544. The molecule has 0 heterocycles. The van der Waals surface area contributed by atoms with E-state index in [1.54, 1.807) is 0 Å². The van der Waals surface area contributed by atoms with Crippen molar-refractivity contribution in [2.45, 2.75) is 19.0 Å². The molecule has 0 bridgehead atoms. The van der Waals surface area contributed by atoms with Gasteiger partial charge in [-0.3, -0.25) is 4.79 Å². The Hall–Kier alpha value is -1.65. The average molecular weight is 258 g/mol. The largest absolute Gasteiger partial charge is 0.413 e. The molecule has 0 aromatic heterocycles. The lowest BCUT2D eigenvalue weighted by atomic mass is 10.0. The molecule has 0 unspecified atom stereocenters. The fourth-order valence-electron chi connectivity index (χ4n) is 1.66. The number of hydrogen-bond acceptors (Lipinski definition) is 1. The van der Waals surface area contributed by atoms with E-state index < -0.39 is 29.3 Å². The molecule has 0 saturated heterocycles. The molecule has 1 nitrogen and oxygen atoms in total. The Balaban J connectivity index is 2.25. The van der Waals surface area contributed by atoms with Gasteiger partial charge in [0.1, 0.15) is 5.82 Å². The molecular formula is C13H10F4O. The fourth-order valence-corrected chi connectivity index (χ4v) is 1.66. The first-order chi connectivity index (χ1) is 8.38. The number of halogens is 4. The van der Waals surface area contributed by atoms with Crippen molar-refractivity contribution in [3.8, 4) is 0 Å². The fraction of sp³-hybridized carbons (Fsp3) is 0.308. The van der Waals surface area contributed by atoms with Gasteiger partial charge in [-0.15, -0.1) is 0 Å². The van der Waals surface area contributed by atoms with Crippen LogP contribution >= 0.6 is 0 Å². The second-order valence-electron chi connectivity index (χ2n) is 4.24. The number of allylic oxidation sites excluding steroid dienone is 2. The van der Waals surface area contributed by atoms with Crippen LogP contribution in [0.1, 0.15) is 23.2 Å². The van der Waals surface area contributed by atoms with E-state index >= 15 is 0 Å². The quantitative estimate of drug-likeness (QED) is 0.456. The lowest BCUT2D eigenvalue weighted by molar-refractivity contribution is -0.0955. The highest BCUT2D eigenvalue weighted by Crippen LogP contribution is 2.44. The van der Waals surface area contributed by atoms with Crippen molar-refractivity contribution in [1.29, 1.82) is 0 Å². The minimum atomic E-state index is -4.48. The number of benzene rings is 1. The van der Waals surface area contributed by atoms with E-state index in [0.29, 0.717) is 18.9 Å². The van der Waals surface area contributed by atoms with Crippen LogP contribution in [0.5, 0.6) is 0 Å². The number of ketones is 1. The first-order valence-electron chi connectivity index (χ1n) is 5.46. The summed E-state index contributed by atoms with van der Waals surface area (Å²) >= 11 is 0. The van der Waals surface area contributed by atoms with E-state index in [-0.39, 0.29) is 5.56 Å². The SMILES string of the molecule is O=C(/C=C(\C1CC1)C(F)(F)F)c1ccc(F)cc1. The molecule has 0 aliphatic heterocycles. The molecule has 0 radical (unpaired) electrons. The van der Waals surface area contributed by atoms with Gasteiger partial charge in [-0.2, -0.15) is 13.2 Å². The van der Waals surface area contributed by atoms with E-state index in [1.165, 1.54) is 12.1 Å². The maximum Gasteiger partial charge on any atom is 0.413 e. The second-order valence-corrected chi connectivity index (χ2v) is 4.24. The highest BCUT2D eigenvalue weighted by Gasteiger charge is 2.43. The topological polar surface area (TPSA) is 17.1 Å². The highest BCUT2D eigenvalue weighted by molar-refractivity contribution is 6.05. The Morgan fingerprint density at radius 2 is 1.72 bits per heavy atom. The zero-order chi connectivity index (χ0) is 13.3. The molecule has 0 spiro atoms. The molecule has 0 atom stereocenters. The van der Waals surface area contributed by atoms with Gasteiger partial charge in [0.25, 0.3) is 0 Å². The standard InChI is InChI=1S/C13H10F4O/c14-10-5-3-9(4-6-10)12(18)7-11(8-1-2-8)13(15,16)17/h3-8H,1-2H2/b11-7+. The third-order valence-corrected chi connectivity index (χ3v) is 2.76. The summed E-state index contributed by atoms with van der Waals surface area (Å²) < 4.78 is 50.6. The summed E-state index contributed by atoms with van der Waals surface area (Å²) in [4.78, 5) is 11.6. The maximum absolute atomic E-state index is 12.7. The number of alkyl halides is 3. The average Bonchev–Trinajstić information content (AvgIpc) is 3.08. The Bertz CT molecular complexity index is 481. The molecule has 1 fully saturated rings. The molecule has 5 heteroatoms. The molecule has 0 N–H and O–H groups in total. The first-order valence-corrected chi connectivity index (χ1v) is 5.46. The molecule has 1 aliphatic carbocycles. The Labute approximate surface area is 101 Å². The number of carbonyl (C=O) groups is 1. The van der Waals surface area contributed by atoms with E-state index in [4.69, 9.17) is 0 Å². The van der Waals surface area contributed by atoms with Crippen LogP contribution in [0.3, 0.4) is 0 Å². The monoisotopic (exact) mass is 258 g/mol. The summed E-state index contributed by atoms with van der Waals surface area (Å²) in [5, 5.41) is 0. The van der Waals surface area contributed by atoms with Crippen molar-refractivity contribution < 1.29 is 22.4 Å². The predicted octanol–water partition coefficient (Wildman–Crippen LogP) is 3.91. The second kappa shape index (κ2) is 4.55. The highest BCUT2D eigenvalue weighted by atomic mass is 19.4. The molecule has 1 aliphatic rings. The van der Waals surface area contributed by atoms with Crippen LogP contribution in [0.4, 0.5) is 17.6 Å². The zero-order valence-corrected chi connectivity index (χ0v) is 9.30. The smallest absolute Gasteiger partial charge is 0.289 e. The van der Waals surface area contributed by atoms with Crippen LogP contribution in [0.2, 0.25) is 0 Å². The van der Waals surface area contributed by atoms with Crippen LogP contribution < -0.4 is 0 Å². The van der Waals surface area contributed by atoms with Crippen LogP contribution in [-0.4, -0.2) is 12.0 Å². The van der Waals surface area contributed by atoms with Gasteiger partial charge >= 0.3 is 6.18 Å². The summed E-state index contributed by atoms with van der Waals surface area (Å²) in [7, 11) is 0. The molecule has 0 amide bonds. The number of carbonyl (C=O) groups excluding carboxylic acids is 1. The van der Waals surface area contributed by atoms with E-state index in [1.807, 2.05) is 0 Å². The summed E-state index contributed by atoms with van der Waals surface area (Å²) in [5.74, 6) is -1.84. The van der Waals surface area contributed by atoms with Crippen LogP contribution in [0.15, 0.2) is 35.9 Å². The zero-order valence-electron chi connectivity index (χ0n) is 9.30. The van der Waals surface area contributed by atoms with E-state index in [9.17, 15) is 22.4 Å². The van der Waals surface area contributed by atoms with Crippen LogP contribution in [0.25, 0.3) is 0 Å². The molecule has 1 aromatic rings. The first kappa shape index (κ1) is 12.8. The lowest BCUT2D eigenvalue weighted by Gasteiger charge is -2.10. The molecule has 18 heavy (non-hydrogen) atoms. The van der Waals surface area contributed by atoms with Gasteiger partial charge in [-0.05, 0) is 49.1 Å². The van der Waals surface area contributed by atoms with Crippen molar-refractivity contribution in [2.75, 3.05) is 0 Å². The van der Waals surface area contributed by atoms with E-state index in [0.717, 1.165) is 12.1 Å². The third kappa shape index (κ3) is 2.97. The van der Waals surface area contributed by atoms with Gasteiger partial charge in [0.2, 0.25) is 0 Å². The van der Waals surface area contributed by atoms with Crippen molar-refractivity contribution in [1.82, 2.24) is 0 Å². The van der Waals surface area contributed by atoms with Gasteiger partial charge in [0.15, 0.2) is 5.78 Å². The van der Waals surface area contributed by atoms with E-state index in [2.05, 4.69) is 0 Å².